The maximum absolute atomic E-state index is 2.41. The van der Waals surface area contributed by atoms with E-state index in [1.807, 2.05) is 0 Å². The van der Waals surface area contributed by atoms with Crippen LogP contribution in [0.3, 0.4) is 0 Å². The highest BCUT2D eigenvalue weighted by molar-refractivity contribution is 6.09. The quantitative estimate of drug-likeness (QED) is 0.139. The summed E-state index contributed by atoms with van der Waals surface area (Å²) in [6, 6.07) is 90.5. The Hall–Kier alpha value is -8.00. The highest BCUT2D eigenvalue weighted by Gasteiger charge is 2.18. The van der Waals surface area contributed by atoms with Gasteiger partial charge in [-0.1, -0.05) is 212 Å². The van der Waals surface area contributed by atoms with E-state index in [1.165, 1.54) is 88.0 Å². The number of fused-ring (bicyclic) bond motifs is 4. The van der Waals surface area contributed by atoms with Gasteiger partial charge in [-0.3, -0.25) is 0 Å². The third-order valence-corrected chi connectivity index (χ3v) is 12.1. The molecule has 0 radical (unpaired) electrons. The molecule has 0 bridgehead atoms. The summed E-state index contributed by atoms with van der Waals surface area (Å²) in [5.41, 5.74) is 15.3. The minimum atomic E-state index is 1.09. The van der Waals surface area contributed by atoms with E-state index in [2.05, 4.69) is 254 Å². The Morgan fingerprint density at radius 2 is 0.607 bits per heavy atom. The Morgan fingerprint density at radius 3 is 1.28 bits per heavy atom. The van der Waals surface area contributed by atoms with Crippen molar-refractivity contribution in [1.29, 1.82) is 0 Å². The van der Waals surface area contributed by atoms with Crippen LogP contribution in [0.1, 0.15) is 0 Å². The molecule has 0 aliphatic carbocycles. The molecule has 0 aromatic heterocycles. The molecule has 0 aliphatic heterocycles. The van der Waals surface area contributed by atoms with Crippen molar-refractivity contribution in [3.63, 3.8) is 0 Å². The molecule has 0 fully saturated rings. The fourth-order valence-electron chi connectivity index (χ4n) is 8.95. The monoisotopic (exact) mass is 775 g/mol. The zero-order chi connectivity index (χ0) is 40.5. The van der Waals surface area contributed by atoms with E-state index in [-0.39, 0.29) is 0 Å². The van der Waals surface area contributed by atoms with Gasteiger partial charge in [0.1, 0.15) is 0 Å². The second-order valence-corrected chi connectivity index (χ2v) is 15.7. The van der Waals surface area contributed by atoms with Crippen LogP contribution in [-0.2, 0) is 0 Å². The SMILES string of the molecule is c1ccc(-c2ccc(-c3ccc(-c4ccc(N(c5ccc(-c6cccc7ccccc67)cc5)c5ccc6ccc7ccccc7c6c5)cc4-c4ccccc4)cc3)cc2)cc1. The maximum Gasteiger partial charge on any atom is 0.0468 e. The number of hydrogen-bond donors (Lipinski definition) is 0. The van der Waals surface area contributed by atoms with Crippen LogP contribution in [0.15, 0.2) is 249 Å². The molecule has 61 heavy (non-hydrogen) atoms. The first-order valence-electron chi connectivity index (χ1n) is 21.0. The second kappa shape index (κ2) is 15.6. The van der Waals surface area contributed by atoms with Gasteiger partial charge in [0.25, 0.3) is 0 Å². The molecule has 0 atom stereocenters. The van der Waals surface area contributed by atoms with Crippen molar-refractivity contribution in [3.8, 4) is 55.6 Å². The van der Waals surface area contributed by atoms with Gasteiger partial charge in [-0.25, -0.2) is 0 Å². The van der Waals surface area contributed by atoms with Gasteiger partial charge in [-0.2, -0.15) is 0 Å². The van der Waals surface area contributed by atoms with Crippen LogP contribution >= 0.6 is 0 Å². The van der Waals surface area contributed by atoms with Crippen molar-refractivity contribution in [3.05, 3.63) is 249 Å². The number of hydrogen-bond acceptors (Lipinski definition) is 1. The fraction of sp³-hybridized carbons (Fsp3) is 0. The number of benzene rings is 11. The van der Waals surface area contributed by atoms with Crippen molar-refractivity contribution in [2.24, 2.45) is 0 Å². The molecule has 0 heterocycles. The van der Waals surface area contributed by atoms with Crippen LogP contribution in [-0.4, -0.2) is 0 Å². The van der Waals surface area contributed by atoms with Crippen molar-refractivity contribution in [1.82, 2.24) is 0 Å². The van der Waals surface area contributed by atoms with Crippen molar-refractivity contribution in [2.75, 3.05) is 4.90 Å². The first-order valence-corrected chi connectivity index (χ1v) is 21.0. The van der Waals surface area contributed by atoms with Crippen molar-refractivity contribution >= 4 is 49.4 Å². The van der Waals surface area contributed by atoms with Gasteiger partial charge in [0.15, 0.2) is 0 Å². The van der Waals surface area contributed by atoms with Crippen LogP contribution < -0.4 is 4.90 Å². The molecule has 0 unspecified atom stereocenters. The standard InChI is InChI=1S/C60H41N/c1-3-12-42(13-4-1)43-22-24-44(25-23-43)45-26-28-49(29-27-45)58-39-38-54(41-59(58)47-14-5-2-6-15-47)61(53-37-34-51-31-30-48-17-8-10-20-57(48)60(51)40-53)52-35-32-50(33-36-52)56-21-11-18-46-16-7-9-19-55(46)56/h1-41H. The normalized spacial score (nSPS) is 11.3. The van der Waals surface area contributed by atoms with E-state index in [4.69, 9.17) is 0 Å². The van der Waals surface area contributed by atoms with Gasteiger partial charge in [0, 0.05) is 17.1 Å². The molecule has 286 valence electrons. The van der Waals surface area contributed by atoms with E-state index < -0.39 is 0 Å². The first kappa shape index (κ1) is 36.1. The van der Waals surface area contributed by atoms with Crippen molar-refractivity contribution < 1.29 is 0 Å². The summed E-state index contributed by atoms with van der Waals surface area (Å²) in [4.78, 5) is 2.41. The average Bonchev–Trinajstić information content (AvgIpc) is 3.35. The minimum Gasteiger partial charge on any atom is -0.310 e. The molecule has 11 aromatic rings. The van der Waals surface area contributed by atoms with Crippen LogP contribution in [0.2, 0.25) is 0 Å². The van der Waals surface area contributed by atoms with Gasteiger partial charge in [-0.05, 0) is 124 Å². The Morgan fingerprint density at radius 1 is 0.197 bits per heavy atom. The van der Waals surface area contributed by atoms with Gasteiger partial charge >= 0.3 is 0 Å². The molecule has 11 aromatic carbocycles. The fourth-order valence-corrected chi connectivity index (χ4v) is 8.95. The zero-order valence-electron chi connectivity index (χ0n) is 33.6. The Bertz CT molecular complexity index is 3310. The van der Waals surface area contributed by atoms with Gasteiger partial charge in [0.2, 0.25) is 0 Å². The van der Waals surface area contributed by atoms with Crippen LogP contribution in [0.25, 0.3) is 88.0 Å². The largest absolute Gasteiger partial charge is 0.310 e. The van der Waals surface area contributed by atoms with E-state index in [0.717, 1.165) is 17.1 Å². The highest BCUT2D eigenvalue weighted by atomic mass is 15.1. The molecule has 0 aliphatic rings. The predicted molar refractivity (Wildman–Crippen MR) is 261 cm³/mol. The molecule has 0 N–H and O–H groups in total. The summed E-state index contributed by atoms with van der Waals surface area (Å²) >= 11 is 0. The van der Waals surface area contributed by atoms with Gasteiger partial charge in [0.05, 0.1) is 0 Å². The zero-order valence-corrected chi connectivity index (χ0v) is 33.6. The van der Waals surface area contributed by atoms with Gasteiger partial charge in [-0.15, -0.1) is 0 Å². The summed E-state index contributed by atoms with van der Waals surface area (Å²) in [5.74, 6) is 0. The Kier molecular flexibility index (Phi) is 9.26. The maximum atomic E-state index is 2.41. The summed E-state index contributed by atoms with van der Waals surface area (Å²) in [7, 11) is 0. The number of nitrogens with zero attached hydrogens (tertiary/aromatic N) is 1. The molecule has 1 heteroatoms. The lowest BCUT2D eigenvalue weighted by molar-refractivity contribution is 1.29. The number of anilines is 3. The Labute approximate surface area is 357 Å². The van der Waals surface area contributed by atoms with E-state index in [1.54, 1.807) is 0 Å². The lowest BCUT2D eigenvalue weighted by atomic mass is 9.92. The first-order chi connectivity index (χ1) is 30.2. The summed E-state index contributed by atoms with van der Waals surface area (Å²) in [5, 5.41) is 7.46. The molecule has 0 amide bonds. The van der Waals surface area contributed by atoms with Gasteiger partial charge < -0.3 is 4.90 Å². The molecular formula is C60H41N. The molecule has 0 saturated carbocycles. The summed E-state index contributed by atoms with van der Waals surface area (Å²) in [6.07, 6.45) is 0. The van der Waals surface area contributed by atoms with Crippen LogP contribution in [0.4, 0.5) is 17.1 Å². The lowest BCUT2D eigenvalue weighted by Crippen LogP contribution is -2.10. The molecule has 0 spiro atoms. The third-order valence-electron chi connectivity index (χ3n) is 12.1. The average molecular weight is 776 g/mol. The van der Waals surface area contributed by atoms with E-state index >= 15 is 0 Å². The van der Waals surface area contributed by atoms with Crippen molar-refractivity contribution in [2.45, 2.75) is 0 Å². The smallest absolute Gasteiger partial charge is 0.0468 e. The predicted octanol–water partition coefficient (Wildman–Crippen LogP) is 17.0. The second-order valence-electron chi connectivity index (χ2n) is 15.7. The third kappa shape index (κ3) is 6.93. The van der Waals surface area contributed by atoms with E-state index in [0.29, 0.717) is 0 Å². The molecule has 1 nitrogen and oxygen atoms in total. The van der Waals surface area contributed by atoms with Crippen LogP contribution in [0, 0.1) is 0 Å². The minimum absolute atomic E-state index is 1.09. The topological polar surface area (TPSA) is 3.24 Å². The highest BCUT2D eigenvalue weighted by Crippen LogP contribution is 2.43. The molecule has 0 saturated heterocycles. The lowest BCUT2D eigenvalue weighted by Gasteiger charge is -2.27. The molecule has 11 rings (SSSR count). The summed E-state index contributed by atoms with van der Waals surface area (Å²) in [6.45, 7) is 0. The number of rotatable bonds is 8. The van der Waals surface area contributed by atoms with E-state index in [9.17, 15) is 0 Å². The Balaban J connectivity index is 1.02. The van der Waals surface area contributed by atoms with Crippen LogP contribution in [0.5, 0.6) is 0 Å². The molecular weight excluding hydrogens is 735 g/mol. The summed E-state index contributed by atoms with van der Waals surface area (Å²) < 4.78 is 0.